The molecule has 0 aliphatic heterocycles. The molecule has 0 saturated carbocycles. The van der Waals surface area contributed by atoms with E-state index in [-0.39, 0.29) is 75.9 Å². The minimum Gasteiger partial charge on any atom is 0 e. The van der Waals surface area contributed by atoms with E-state index in [1.165, 1.54) is 0 Å². The van der Waals surface area contributed by atoms with Gasteiger partial charge in [-0.05, 0) is 0 Å². The van der Waals surface area contributed by atoms with Crippen molar-refractivity contribution in [2.24, 2.45) is 0 Å². The maximum atomic E-state index is 0. The van der Waals surface area contributed by atoms with E-state index in [4.69, 9.17) is 0 Å². The monoisotopic (exact) mass is 193 g/mol. The van der Waals surface area contributed by atoms with Crippen molar-refractivity contribution in [1.29, 1.82) is 0 Å². The van der Waals surface area contributed by atoms with Crippen molar-refractivity contribution in [2.75, 3.05) is 0 Å². The first-order valence-electron chi connectivity index (χ1n) is 0. The molecular formula is H9CaMoNO2. The Balaban J connectivity index is 0. The maximum absolute atomic E-state index is 0. The molecule has 0 amide bonds. The molecule has 0 fully saturated rings. The van der Waals surface area contributed by atoms with Gasteiger partial charge in [-0.1, -0.05) is 0 Å². The fourth-order valence-electron chi connectivity index (χ4n) is 0. The number of hydrogen-bond acceptors (Lipinski definition) is 1. The van der Waals surface area contributed by atoms with Crippen molar-refractivity contribution in [3.05, 3.63) is 0 Å². The van der Waals surface area contributed by atoms with Crippen LogP contribution in [0.25, 0.3) is 0 Å². The van der Waals surface area contributed by atoms with Crippen molar-refractivity contribution in [3.63, 3.8) is 0 Å². The second kappa shape index (κ2) is 40.7. The third-order valence-electron chi connectivity index (χ3n) is 0. The number of hydrogen-bond donors (Lipinski definition) is 1. The van der Waals surface area contributed by atoms with Crippen LogP contribution in [0.3, 0.4) is 0 Å². The molecule has 0 bridgehead atoms. The summed E-state index contributed by atoms with van der Waals surface area (Å²) in [7, 11) is 0. The van der Waals surface area contributed by atoms with Crippen molar-refractivity contribution in [1.82, 2.24) is 6.15 Å². The first-order valence-corrected chi connectivity index (χ1v) is 0. The van der Waals surface area contributed by atoms with Gasteiger partial charge < -0.3 is 17.1 Å². The third-order valence-corrected chi connectivity index (χ3v) is 0. The molecule has 0 aromatic carbocycles. The predicted octanol–water partition coefficient (Wildman–Crippen LogP) is -2.41. The molecule has 0 aromatic rings. The van der Waals surface area contributed by atoms with Crippen LogP contribution in [0.15, 0.2) is 0 Å². The Bertz CT molecular complexity index is 9.61. The van der Waals surface area contributed by atoms with Crippen LogP contribution in [0.5, 0.6) is 0 Å². The summed E-state index contributed by atoms with van der Waals surface area (Å²) in [5, 5.41) is 0. The minimum atomic E-state index is 0. The summed E-state index contributed by atoms with van der Waals surface area (Å²) < 4.78 is 0. The molecule has 0 aromatic heterocycles. The van der Waals surface area contributed by atoms with Gasteiger partial charge in [-0.3, -0.25) is 0 Å². The van der Waals surface area contributed by atoms with Crippen LogP contribution in [-0.2, 0) is 21.1 Å². The van der Waals surface area contributed by atoms with Crippen molar-refractivity contribution >= 4 is 37.7 Å². The molecule has 34 valence electrons. The van der Waals surface area contributed by atoms with Gasteiger partial charge >= 0.3 is 37.7 Å². The molecule has 0 aliphatic carbocycles. The molecule has 5 heavy (non-hydrogen) atoms. The topological polar surface area (TPSA) is 98.0 Å². The fourth-order valence-corrected chi connectivity index (χ4v) is 0. The second-order valence-corrected chi connectivity index (χ2v) is 0. The molecular weight excluding hydrogens is 182 g/mol. The Morgan fingerprint density at radius 1 is 0.800 bits per heavy atom. The minimum absolute atomic E-state index is 0. The Kier molecular flexibility index (Phi) is 564. The molecule has 3 nitrogen and oxygen atoms in total. The maximum Gasteiger partial charge on any atom is 0 e. The molecule has 0 rings (SSSR count). The first-order chi connectivity index (χ1) is 0. The molecule has 0 aliphatic rings. The Morgan fingerprint density at radius 2 is 0.800 bits per heavy atom. The number of rotatable bonds is 0. The van der Waals surface area contributed by atoms with Gasteiger partial charge in [0, 0.05) is 21.1 Å². The van der Waals surface area contributed by atoms with Gasteiger partial charge in [-0.15, -0.1) is 0 Å². The fraction of sp³-hybridized carbons (Fsp3) is 0. The summed E-state index contributed by atoms with van der Waals surface area (Å²) in [6, 6.07) is 0. The second-order valence-electron chi connectivity index (χ2n) is 0. The van der Waals surface area contributed by atoms with Gasteiger partial charge in [0.05, 0.1) is 0 Å². The summed E-state index contributed by atoms with van der Waals surface area (Å²) >= 11 is 0. The van der Waals surface area contributed by atoms with Crippen LogP contribution in [0.4, 0.5) is 0 Å². The van der Waals surface area contributed by atoms with E-state index in [2.05, 4.69) is 0 Å². The molecule has 5 heteroatoms. The average molecular weight is 191 g/mol. The standard InChI is InChI=1S/Ca.Mo.H3N.2H2O.2H/h;;1H3;2*1H2;;. The van der Waals surface area contributed by atoms with Crippen LogP contribution in [0, 0.1) is 0 Å². The van der Waals surface area contributed by atoms with Crippen LogP contribution in [0.1, 0.15) is 0 Å². The Labute approximate surface area is 75.0 Å². The van der Waals surface area contributed by atoms with Crippen LogP contribution >= 0.6 is 0 Å². The third kappa shape index (κ3) is 25.6. The van der Waals surface area contributed by atoms with Crippen LogP contribution < -0.4 is 6.15 Å². The zero-order valence-corrected chi connectivity index (χ0v) is 4.12. The SMILES string of the molecule is N.O.O.[CaH2].[Mo]. The van der Waals surface area contributed by atoms with Gasteiger partial charge in [0.2, 0.25) is 0 Å². The van der Waals surface area contributed by atoms with Gasteiger partial charge in [0.25, 0.3) is 0 Å². The molecule has 0 radical (unpaired) electrons. The van der Waals surface area contributed by atoms with E-state index in [1.54, 1.807) is 0 Å². The van der Waals surface area contributed by atoms with E-state index in [1.807, 2.05) is 0 Å². The van der Waals surface area contributed by atoms with Gasteiger partial charge in [0.1, 0.15) is 0 Å². The molecule has 0 saturated heterocycles. The molecule has 0 atom stereocenters. The van der Waals surface area contributed by atoms with E-state index in [9.17, 15) is 0 Å². The van der Waals surface area contributed by atoms with Crippen LogP contribution in [0.2, 0.25) is 0 Å². The van der Waals surface area contributed by atoms with E-state index in [0.717, 1.165) is 0 Å². The summed E-state index contributed by atoms with van der Waals surface area (Å²) in [6.45, 7) is 0. The largest absolute Gasteiger partial charge is 0 e. The van der Waals surface area contributed by atoms with E-state index >= 15 is 0 Å². The molecule has 0 heterocycles. The first kappa shape index (κ1) is 69.4. The quantitative estimate of drug-likeness (QED) is 0.424. The van der Waals surface area contributed by atoms with Crippen LogP contribution in [-0.4, -0.2) is 48.7 Å². The zero-order chi connectivity index (χ0) is 0. The van der Waals surface area contributed by atoms with Gasteiger partial charge in [-0.25, -0.2) is 0 Å². The molecule has 0 unspecified atom stereocenters. The van der Waals surface area contributed by atoms with Crippen molar-refractivity contribution in [3.8, 4) is 0 Å². The summed E-state index contributed by atoms with van der Waals surface area (Å²) in [6.07, 6.45) is 0. The normalized spacial score (nSPS) is 0. The molecule has 0 spiro atoms. The Morgan fingerprint density at radius 3 is 0.800 bits per heavy atom. The van der Waals surface area contributed by atoms with Gasteiger partial charge in [-0.2, -0.15) is 0 Å². The smallest absolute Gasteiger partial charge is 0 e. The summed E-state index contributed by atoms with van der Waals surface area (Å²) in [4.78, 5) is 0. The van der Waals surface area contributed by atoms with Crippen molar-refractivity contribution in [2.45, 2.75) is 0 Å². The molecule has 7 N–H and O–H groups in total. The van der Waals surface area contributed by atoms with Gasteiger partial charge in [0.15, 0.2) is 0 Å². The van der Waals surface area contributed by atoms with E-state index in [0.29, 0.717) is 0 Å². The predicted molar refractivity (Wildman–Crippen MR) is 20.8 cm³/mol. The summed E-state index contributed by atoms with van der Waals surface area (Å²) in [5.41, 5.74) is 0. The van der Waals surface area contributed by atoms with E-state index < -0.39 is 0 Å². The zero-order valence-electron chi connectivity index (χ0n) is 2.12. The van der Waals surface area contributed by atoms with Crippen molar-refractivity contribution < 1.29 is 32.0 Å². The Hall–Kier alpha value is 1.83. The average Bonchev–Trinajstić information content (AvgIpc) is 0. The summed E-state index contributed by atoms with van der Waals surface area (Å²) in [5.74, 6) is 0.